The summed E-state index contributed by atoms with van der Waals surface area (Å²) in [4.78, 5) is 0. The molecule has 0 heterocycles. The summed E-state index contributed by atoms with van der Waals surface area (Å²) in [6, 6.07) is 6.69. The van der Waals surface area contributed by atoms with Gasteiger partial charge < -0.3 is 0 Å². The average Bonchev–Trinajstić information content (AvgIpc) is 2.19. The zero-order valence-corrected chi connectivity index (χ0v) is 10.0. The van der Waals surface area contributed by atoms with Crippen molar-refractivity contribution in [1.29, 1.82) is 0 Å². The molecule has 0 fully saturated rings. The van der Waals surface area contributed by atoms with Crippen molar-refractivity contribution < 1.29 is 4.39 Å². The van der Waals surface area contributed by atoms with Crippen molar-refractivity contribution in [2.45, 2.75) is 26.8 Å². The fraction of sp³-hybridized carbons (Fsp3) is 0.429. The molecular formula is C14H18FN. The SMILES string of the molecule is C#CCNC(c1ccc(F)cc1)C(C)(C)C. The summed E-state index contributed by atoms with van der Waals surface area (Å²) in [5.74, 6) is 2.35. The smallest absolute Gasteiger partial charge is 0.123 e. The molecule has 1 aromatic carbocycles. The molecule has 0 aliphatic heterocycles. The molecule has 0 spiro atoms. The largest absolute Gasteiger partial charge is 0.299 e. The van der Waals surface area contributed by atoms with E-state index in [9.17, 15) is 4.39 Å². The molecule has 2 heteroatoms. The first-order chi connectivity index (χ1) is 7.45. The van der Waals surface area contributed by atoms with Gasteiger partial charge in [0.2, 0.25) is 0 Å². The maximum Gasteiger partial charge on any atom is 0.123 e. The van der Waals surface area contributed by atoms with Crippen LogP contribution in [0.15, 0.2) is 24.3 Å². The standard InChI is InChI=1S/C14H18FN/c1-5-10-16-13(14(2,3)4)11-6-8-12(15)9-7-11/h1,6-9,13,16H,10H2,2-4H3. The fourth-order valence-electron chi connectivity index (χ4n) is 1.74. The van der Waals surface area contributed by atoms with Crippen molar-refractivity contribution in [3.63, 3.8) is 0 Å². The molecule has 1 atom stereocenters. The molecular weight excluding hydrogens is 201 g/mol. The fourth-order valence-corrected chi connectivity index (χ4v) is 1.74. The molecule has 0 amide bonds. The Labute approximate surface area is 97.1 Å². The molecule has 0 saturated heterocycles. The van der Waals surface area contributed by atoms with E-state index in [1.807, 2.05) is 0 Å². The van der Waals surface area contributed by atoms with Gasteiger partial charge in [-0.25, -0.2) is 4.39 Å². The molecule has 0 bridgehead atoms. The van der Waals surface area contributed by atoms with Crippen LogP contribution < -0.4 is 5.32 Å². The van der Waals surface area contributed by atoms with Crippen molar-refractivity contribution in [2.75, 3.05) is 6.54 Å². The van der Waals surface area contributed by atoms with E-state index in [-0.39, 0.29) is 17.3 Å². The molecule has 1 N–H and O–H groups in total. The molecule has 0 aliphatic rings. The van der Waals surface area contributed by atoms with E-state index in [1.54, 1.807) is 12.1 Å². The van der Waals surface area contributed by atoms with E-state index in [0.717, 1.165) is 5.56 Å². The number of benzene rings is 1. The molecule has 16 heavy (non-hydrogen) atoms. The lowest BCUT2D eigenvalue weighted by molar-refractivity contribution is 0.281. The minimum absolute atomic E-state index is 0.0364. The Morgan fingerprint density at radius 1 is 1.31 bits per heavy atom. The summed E-state index contributed by atoms with van der Waals surface area (Å²) in [6.45, 7) is 6.90. The number of hydrogen-bond acceptors (Lipinski definition) is 1. The van der Waals surface area contributed by atoms with Gasteiger partial charge in [0.15, 0.2) is 0 Å². The van der Waals surface area contributed by atoms with Crippen molar-refractivity contribution in [3.8, 4) is 12.3 Å². The highest BCUT2D eigenvalue weighted by atomic mass is 19.1. The summed E-state index contributed by atoms with van der Waals surface area (Å²) in [6.07, 6.45) is 5.25. The topological polar surface area (TPSA) is 12.0 Å². The maximum atomic E-state index is 12.8. The van der Waals surface area contributed by atoms with Crippen LogP contribution in [0.3, 0.4) is 0 Å². The highest BCUT2D eigenvalue weighted by Crippen LogP contribution is 2.32. The van der Waals surface area contributed by atoms with E-state index in [0.29, 0.717) is 6.54 Å². The van der Waals surface area contributed by atoms with E-state index < -0.39 is 0 Å². The van der Waals surface area contributed by atoms with Crippen molar-refractivity contribution >= 4 is 0 Å². The third-order valence-electron chi connectivity index (χ3n) is 2.48. The normalized spacial score (nSPS) is 13.2. The minimum atomic E-state index is -0.214. The van der Waals surface area contributed by atoms with Crippen LogP contribution in [0.25, 0.3) is 0 Å². The van der Waals surface area contributed by atoms with Crippen molar-refractivity contribution in [2.24, 2.45) is 5.41 Å². The van der Waals surface area contributed by atoms with Gasteiger partial charge in [0.1, 0.15) is 5.82 Å². The van der Waals surface area contributed by atoms with Gasteiger partial charge in [0.25, 0.3) is 0 Å². The lowest BCUT2D eigenvalue weighted by atomic mass is 9.82. The number of terminal acetylenes is 1. The third-order valence-corrected chi connectivity index (χ3v) is 2.48. The van der Waals surface area contributed by atoms with Crippen molar-refractivity contribution in [1.82, 2.24) is 5.32 Å². The van der Waals surface area contributed by atoms with Crippen LogP contribution in [0.4, 0.5) is 4.39 Å². The molecule has 1 unspecified atom stereocenters. The molecule has 0 aromatic heterocycles. The quantitative estimate of drug-likeness (QED) is 0.770. The Hall–Kier alpha value is -1.33. The first-order valence-corrected chi connectivity index (χ1v) is 5.37. The molecule has 1 aromatic rings. The van der Waals surface area contributed by atoms with E-state index in [2.05, 4.69) is 32.0 Å². The lowest BCUT2D eigenvalue weighted by Gasteiger charge is -2.31. The number of rotatable bonds is 3. The average molecular weight is 219 g/mol. The second-order valence-corrected chi connectivity index (χ2v) is 4.94. The predicted molar refractivity (Wildman–Crippen MR) is 65.4 cm³/mol. The first-order valence-electron chi connectivity index (χ1n) is 5.37. The third kappa shape index (κ3) is 3.36. The van der Waals surface area contributed by atoms with Gasteiger partial charge in [-0.3, -0.25) is 5.32 Å². The summed E-state index contributed by atoms with van der Waals surface area (Å²) < 4.78 is 12.8. The highest BCUT2D eigenvalue weighted by molar-refractivity contribution is 5.22. The molecule has 86 valence electrons. The van der Waals surface area contributed by atoms with Crippen LogP contribution in [0, 0.1) is 23.6 Å². The highest BCUT2D eigenvalue weighted by Gasteiger charge is 2.25. The van der Waals surface area contributed by atoms with E-state index >= 15 is 0 Å². The van der Waals surface area contributed by atoms with Crippen LogP contribution >= 0.6 is 0 Å². The second-order valence-electron chi connectivity index (χ2n) is 4.94. The summed E-state index contributed by atoms with van der Waals surface area (Å²) in [5, 5.41) is 3.29. The van der Waals surface area contributed by atoms with Gasteiger partial charge in [-0.15, -0.1) is 6.42 Å². The minimum Gasteiger partial charge on any atom is -0.299 e. The number of hydrogen-bond donors (Lipinski definition) is 1. The van der Waals surface area contributed by atoms with Gasteiger partial charge in [-0.2, -0.15) is 0 Å². The number of halogens is 1. The van der Waals surface area contributed by atoms with E-state index in [4.69, 9.17) is 6.42 Å². The predicted octanol–water partition coefficient (Wildman–Crippen LogP) is 3.14. The van der Waals surface area contributed by atoms with Crippen LogP contribution in [-0.4, -0.2) is 6.54 Å². The molecule has 1 nitrogen and oxygen atoms in total. The Bertz CT molecular complexity index is 367. The van der Waals surface area contributed by atoms with Crippen LogP contribution in [0.2, 0.25) is 0 Å². The van der Waals surface area contributed by atoms with E-state index in [1.165, 1.54) is 12.1 Å². The Morgan fingerprint density at radius 2 is 1.88 bits per heavy atom. The summed E-state index contributed by atoms with van der Waals surface area (Å²) >= 11 is 0. The Kier molecular flexibility index (Phi) is 4.09. The molecule has 0 aliphatic carbocycles. The molecule has 0 radical (unpaired) electrons. The van der Waals surface area contributed by atoms with Crippen LogP contribution in [-0.2, 0) is 0 Å². The Balaban J connectivity index is 2.93. The van der Waals surface area contributed by atoms with Gasteiger partial charge in [0, 0.05) is 6.04 Å². The van der Waals surface area contributed by atoms with Crippen LogP contribution in [0.1, 0.15) is 32.4 Å². The van der Waals surface area contributed by atoms with Crippen molar-refractivity contribution in [3.05, 3.63) is 35.6 Å². The number of nitrogens with one attached hydrogen (secondary N) is 1. The lowest BCUT2D eigenvalue weighted by Crippen LogP contribution is -2.32. The monoisotopic (exact) mass is 219 g/mol. The van der Waals surface area contributed by atoms with Gasteiger partial charge in [0.05, 0.1) is 6.54 Å². The van der Waals surface area contributed by atoms with Crippen LogP contribution in [0.5, 0.6) is 0 Å². The Morgan fingerprint density at radius 3 is 2.31 bits per heavy atom. The molecule has 0 saturated carbocycles. The molecule has 1 rings (SSSR count). The maximum absolute atomic E-state index is 12.8. The zero-order chi connectivity index (χ0) is 12.2. The van der Waals surface area contributed by atoms with Gasteiger partial charge in [-0.05, 0) is 23.1 Å². The van der Waals surface area contributed by atoms with Gasteiger partial charge >= 0.3 is 0 Å². The first kappa shape index (κ1) is 12.7. The summed E-state index contributed by atoms with van der Waals surface area (Å²) in [5.41, 5.74) is 1.10. The second kappa shape index (κ2) is 5.14. The van der Waals surface area contributed by atoms with Gasteiger partial charge in [-0.1, -0.05) is 38.8 Å². The zero-order valence-electron chi connectivity index (χ0n) is 10.0. The summed E-state index contributed by atoms with van der Waals surface area (Å²) in [7, 11) is 0.